The van der Waals surface area contributed by atoms with Crippen LogP contribution in [0.4, 0.5) is 4.39 Å². The first-order valence-electron chi connectivity index (χ1n) is 12.3. The molecule has 0 saturated carbocycles. The molecule has 0 saturated heterocycles. The summed E-state index contributed by atoms with van der Waals surface area (Å²) in [7, 11) is 0. The van der Waals surface area contributed by atoms with Crippen LogP contribution < -0.4 is 0 Å². The van der Waals surface area contributed by atoms with Crippen LogP contribution in [0.1, 0.15) is 60.1 Å². The number of rotatable bonds is 12. The van der Waals surface area contributed by atoms with E-state index in [1.807, 2.05) is 19.1 Å². The van der Waals surface area contributed by atoms with Gasteiger partial charge in [-0.05, 0) is 105 Å². The van der Waals surface area contributed by atoms with Crippen molar-refractivity contribution in [2.45, 2.75) is 65.2 Å². The summed E-state index contributed by atoms with van der Waals surface area (Å²) < 4.78 is 14.5. The highest BCUT2D eigenvalue weighted by Gasteiger charge is 2.05. The predicted octanol–water partition coefficient (Wildman–Crippen LogP) is 8.41. The fourth-order valence-electron chi connectivity index (χ4n) is 4.10. The van der Waals surface area contributed by atoms with Gasteiger partial charge in [-0.15, -0.1) is 0 Å². The second-order valence-corrected chi connectivity index (χ2v) is 8.77. The largest absolute Gasteiger partial charge is 0.207 e. The molecule has 172 valence electrons. The lowest BCUT2D eigenvalue weighted by Crippen LogP contribution is -1.97. The van der Waals surface area contributed by atoms with Gasteiger partial charge in [0.25, 0.3) is 0 Å². The van der Waals surface area contributed by atoms with Crippen LogP contribution in [0.15, 0.2) is 91.0 Å². The van der Waals surface area contributed by atoms with Crippen molar-refractivity contribution >= 4 is 0 Å². The second-order valence-electron chi connectivity index (χ2n) is 8.77. The number of benzene rings is 3. The Kier molecular flexibility index (Phi) is 10.2. The summed E-state index contributed by atoms with van der Waals surface area (Å²) in [6, 6.07) is 23.6. The molecule has 0 aromatic heterocycles. The van der Waals surface area contributed by atoms with Crippen molar-refractivity contribution in [1.29, 1.82) is 0 Å². The lowest BCUT2D eigenvalue weighted by molar-refractivity contribution is 0.606. The topological polar surface area (TPSA) is 0 Å². The molecule has 0 heterocycles. The van der Waals surface area contributed by atoms with Gasteiger partial charge in [0.1, 0.15) is 5.82 Å². The Hall–Kier alpha value is -2.93. The molecule has 0 aliphatic rings. The Morgan fingerprint density at radius 1 is 0.515 bits per heavy atom. The molecule has 0 atom stereocenters. The first-order chi connectivity index (χ1) is 16.2. The number of halogens is 1. The molecule has 0 bridgehead atoms. The third-order valence-electron chi connectivity index (χ3n) is 6.22. The molecule has 0 radical (unpaired) electrons. The van der Waals surface area contributed by atoms with Crippen molar-refractivity contribution in [2.24, 2.45) is 0 Å². The van der Waals surface area contributed by atoms with Crippen LogP contribution in [-0.2, 0) is 38.5 Å². The molecule has 0 spiro atoms. The molecule has 0 fully saturated rings. The summed E-state index contributed by atoms with van der Waals surface area (Å²) in [4.78, 5) is 0. The van der Waals surface area contributed by atoms with Crippen molar-refractivity contribution in [3.8, 4) is 0 Å². The van der Waals surface area contributed by atoms with Gasteiger partial charge < -0.3 is 0 Å². The molecule has 0 unspecified atom stereocenters. The summed E-state index contributed by atoms with van der Waals surface area (Å²) in [6.07, 6.45) is 16.3. The fourth-order valence-corrected chi connectivity index (χ4v) is 4.10. The van der Waals surface area contributed by atoms with E-state index in [0.717, 1.165) is 62.5 Å². The minimum absolute atomic E-state index is 0.0718. The van der Waals surface area contributed by atoms with Crippen LogP contribution >= 0.6 is 0 Å². The molecule has 3 aromatic carbocycles. The Balaban J connectivity index is 1.45. The van der Waals surface area contributed by atoms with E-state index in [1.54, 1.807) is 6.07 Å². The zero-order valence-corrected chi connectivity index (χ0v) is 20.2. The smallest absolute Gasteiger partial charge is 0.126 e. The summed E-state index contributed by atoms with van der Waals surface area (Å²) in [5, 5.41) is 0. The monoisotopic (exact) mass is 440 g/mol. The van der Waals surface area contributed by atoms with E-state index in [1.165, 1.54) is 22.3 Å². The molecule has 0 aliphatic heterocycles. The Morgan fingerprint density at radius 3 is 1.36 bits per heavy atom. The summed E-state index contributed by atoms with van der Waals surface area (Å²) >= 11 is 0. The van der Waals surface area contributed by atoms with Gasteiger partial charge in [-0.1, -0.05) is 85.0 Å². The van der Waals surface area contributed by atoms with Crippen molar-refractivity contribution in [2.75, 3.05) is 0 Å². The van der Waals surface area contributed by atoms with E-state index < -0.39 is 0 Å². The van der Waals surface area contributed by atoms with Gasteiger partial charge >= 0.3 is 0 Å². The van der Waals surface area contributed by atoms with E-state index in [-0.39, 0.29) is 5.82 Å². The van der Waals surface area contributed by atoms with Gasteiger partial charge in [-0.2, -0.15) is 0 Å². The first-order valence-corrected chi connectivity index (χ1v) is 12.3. The average Bonchev–Trinajstić information content (AvgIpc) is 2.84. The van der Waals surface area contributed by atoms with E-state index in [4.69, 9.17) is 0 Å². The van der Waals surface area contributed by atoms with Crippen molar-refractivity contribution < 1.29 is 4.39 Å². The molecule has 33 heavy (non-hydrogen) atoms. The van der Waals surface area contributed by atoms with Crippen LogP contribution in [-0.4, -0.2) is 0 Å². The van der Waals surface area contributed by atoms with Gasteiger partial charge in [-0.3, -0.25) is 0 Å². The Morgan fingerprint density at radius 2 is 0.909 bits per heavy atom. The number of allylic oxidation sites excluding steroid dienone is 4. The predicted molar refractivity (Wildman–Crippen MR) is 140 cm³/mol. The average molecular weight is 441 g/mol. The van der Waals surface area contributed by atoms with E-state index in [9.17, 15) is 4.39 Å². The molecule has 0 amide bonds. The van der Waals surface area contributed by atoms with Gasteiger partial charge in [0, 0.05) is 0 Å². The van der Waals surface area contributed by atoms with Gasteiger partial charge in [0.05, 0.1) is 0 Å². The third-order valence-corrected chi connectivity index (χ3v) is 6.22. The quantitative estimate of drug-likeness (QED) is 0.248. The minimum atomic E-state index is -0.0718. The standard InChI is InChI=1S/C32H37F/c1-3-5-7-9-26-11-13-27(14-12-26)15-16-28-17-19-29(20-18-28)21-23-31-24-22-30(25-32(31)33)10-8-6-4-2/h3-6,11-14,17-20,22,24-25H,7-10,15-16,21,23H2,1-2H3/b5-3+,6-4+. The number of hydrogen-bond acceptors (Lipinski definition) is 0. The highest BCUT2D eigenvalue weighted by Crippen LogP contribution is 2.16. The van der Waals surface area contributed by atoms with Crippen LogP contribution in [0.5, 0.6) is 0 Å². The maximum Gasteiger partial charge on any atom is 0.126 e. The van der Waals surface area contributed by atoms with Gasteiger partial charge in [-0.25, -0.2) is 4.39 Å². The summed E-state index contributed by atoms with van der Waals surface area (Å²) in [6.45, 7) is 4.09. The zero-order valence-electron chi connectivity index (χ0n) is 20.2. The van der Waals surface area contributed by atoms with Crippen LogP contribution in [0.2, 0.25) is 0 Å². The normalized spacial score (nSPS) is 11.6. The van der Waals surface area contributed by atoms with E-state index >= 15 is 0 Å². The molecule has 3 rings (SSSR count). The second kappa shape index (κ2) is 13.6. The van der Waals surface area contributed by atoms with Crippen molar-refractivity contribution in [3.63, 3.8) is 0 Å². The molecule has 0 N–H and O–H groups in total. The van der Waals surface area contributed by atoms with E-state index in [2.05, 4.69) is 79.7 Å². The third kappa shape index (κ3) is 8.50. The molecule has 1 heteroatoms. The maximum absolute atomic E-state index is 14.5. The van der Waals surface area contributed by atoms with Crippen LogP contribution in [0, 0.1) is 5.82 Å². The summed E-state index contributed by atoms with van der Waals surface area (Å²) in [5.74, 6) is -0.0718. The molecule has 0 nitrogen and oxygen atoms in total. The van der Waals surface area contributed by atoms with Gasteiger partial charge in [0.2, 0.25) is 0 Å². The van der Waals surface area contributed by atoms with Crippen LogP contribution in [0.25, 0.3) is 0 Å². The molecular weight excluding hydrogens is 403 g/mol. The molecular formula is C32H37F. The minimum Gasteiger partial charge on any atom is -0.207 e. The highest BCUT2D eigenvalue weighted by molar-refractivity contribution is 5.29. The van der Waals surface area contributed by atoms with Crippen molar-refractivity contribution in [1.82, 2.24) is 0 Å². The first kappa shape index (κ1) is 24.7. The van der Waals surface area contributed by atoms with Crippen molar-refractivity contribution in [3.05, 3.63) is 130 Å². The SMILES string of the molecule is C/C=C/CCc1ccc(CCc2ccc(CCc3ccc(CC/C=C/C)cc3F)cc2)cc1. The lowest BCUT2D eigenvalue weighted by Gasteiger charge is -2.08. The number of hydrogen-bond donors (Lipinski definition) is 0. The Bertz CT molecular complexity index is 1020. The molecule has 3 aromatic rings. The number of aryl methyl sites for hydroxylation is 6. The molecule has 0 aliphatic carbocycles. The maximum atomic E-state index is 14.5. The fraction of sp³-hybridized carbons (Fsp3) is 0.312. The van der Waals surface area contributed by atoms with E-state index in [0.29, 0.717) is 0 Å². The summed E-state index contributed by atoms with van der Waals surface area (Å²) in [5.41, 5.74) is 7.29. The van der Waals surface area contributed by atoms with Crippen LogP contribution in [0.3, 0.4) is 0 Å². The lowest BCUT2D eigenvalue weighted by atomic mass is 9.98. The van der Waals surface area contributed by atoms with Gasteiger partial charge in [0.15, 0.2) is 0 Å². The Labute approximate surface area is 199 Å². The zero-order chi connectivity index (χ0) is 23.3. The highest BCUT2D eigenvalue weighted by atomic mass is 19.1.